The molecule has 37 heavy (non-hydrogen) atoms. The van der Waals surface area contributed by atoms with Crippen LogP contribution >= 0.6 is 34.8 Å². The Hall–Kier alpha value is -3.33. The number of carbonyl (C=O) groups is 1. The third-order valence-corrected chi connectivity index (χ3v) is 5.41. The molecule has 3 aromatic carbocycles. The van der Waals surface area contributed by atoms with Crippen LogP contribution in [0, 0.1) is 5.41 Å². The zero-order chi connectivity index (χ0) is 26.8. The Morgan fingerprint density at radius 2 is 1.70 bits per heavy atom. The van der Waals surface area contributed by atoms with Gasteiger partial charge in [0.2, 0.25) is 3.79 Å². The Bertz CT molecular complexity index is 1190. The van der Waals surface area contributed by atoms with Crippen LogP contribution in [-0.2, 0) is 16.1 Å². The van der Waals surface area contributed by atoms with E-state index in [2.05, 4.69) is 5.32 Å². The number of hydrogen-bond acceptors (Lipinski definition) is 7. The standard InChI is InChI=1S/C26H26Cl3N3O5/c1-34-23-13-19(9-12-22(23)35-14-17-5-3-2-4-6-17)21(15-36-25(33)37-16-26(27,28)29)32-20-10-7-18(8-11-20)24(30)31/h2-13,21,32H,14-16H2,1H3,(H3,30,31). The van der Waals surface area contributed by atoms with Crippen LogP contribution in [0.25, 0.3) is 0 Å². The van der Waals surface area contributed by atoms with Crippen molar-refractivity contribution >= 4 is 52.5 Å². The second kappa shape index (κ2) is 13.3. The average molecular weight is 567 g/mol. The molecular weight excluding hydrogens is 541 g/mol. The van der Waals surface area contributed by atoms with Crippen molar-refractivity contribution in [3.8, 4) is 11.5 Å². The van der Waals surface area contributed by atoms with E-state index in [4.69, 9.17) is 64.9 Å². The van der Waals surface area contributed by atoms with Crippen LogP contribution in [0.5, 0.6) is 11.5 Å². The fourth-order valence-corrected chi connectivity index (χ4v) is 3.42. The van der Waals surface area contributed by atoms with Crippen LogP contribution in [0.1, 0.15) is 22.7 Å². The Kier molecular flexibility index (Phi) is 10.1. The molecule has 4 N–H and O–H groups in total. The van der Waals surface area contributed by atoms with Gasteiger partial charge in [0.05, 0.1) is 13.2 Å². The number of hydrogen-bond donors (Lipinski definition) is 3. The molecule has 1 atom stereocenters. The summed E-state index contributed by atoms with van der Waals surface area (Å²) >= 11 is 16.9. The molecule has 0 aliphatic carbocycles. The number of nitrogens with one attached hydrogen (secondary N) is 2. The highest BCUT2D eigenvalue weighted by Gasteiger charge is 2.24. The van der Waals surface area contributed by atoms with Gasteiger partial charge < -0.3 is 30.0 Å². The zero-order valence-electron chi connectivity index (χ0n) is 19.9. The Labute approximate surface area is 230 Å². The predicted molar refractivity (Wildman–Crippen MR) is 145 cm³/mol. The van der Waals surface area contributed by atoms with Gasteiger partial charge in [-0.3, -0.25) is 5.41 Å². The maximum atomic E-state index is 12.1. The van der Waals surface area contributed by atoms with Crippen molar-refractivity contribution < 1.29 is 23.7 Å². The highest BCUT2D eigenvalue weighted by Crippen LogP contribution is 2.32. The van der Waals surface area contributed by atoms with Gasteiger partial charge in [-0.05, 0) is 47.5 Å². The van der Waals surface area contributed by atoms with Crippen molar-refractivity contribution in [1.82, 2.24) is 0 Å². The number of halogens is 3. The Morgan fingerprint density at radius 1 is 1.00 bits per heavy atom. The number of nitrogen functional groups attached to an aromatic ring is 1. The van der Waals surface area contributed by atoms with E-state index in [1.54, 1.807) is 43.5 Å². The van der Waals surface area contributed by atoms with Crippen molar-refractivity contribution in [2.75, 3.05) is 25.6 Å². The molecule has 0 amide bonds. The summed E-state index contributed by atoms with van der Waals surface area (Å²) in [5.74, 6) is 1.02. The van der Waals surface area contributed by atoms with Crippen molar-refractivity contribution in [2.45, 2.75) is 16.4 Å². The van der Waals surface area contributed by atoms with Crippen LogP contribution in [0.4, 0.5) is 10.5 Å². The molecule has 0 saturated heterocycles. The molecule has 0 fully saturated rings. The van der Waals surface area contributed by atoms with Gasteiger partial charge in [-0.15, -0.1) is 0 Å². The number of ether oxygens (including phenoxy) is 4. The zero-order valence-corrected chi connectivity index (χ0v) is 22.1. The first-order chi connectivity index (χ1) is 17.6. The van der Waals surface area contributed by atoms with Crippen LogP contribution in [0.2, 0.25) is 0 Å². The molecule has 196 valence electrons. The summed E-state index contributed by atoms with van der Waals surface area (Å²) in [4.78, 5) is 12.1. The molecule has 0 aromatic heterocycles. The van der Waals surface area contributed by atoms with E-state index >= 15 is 0 Å². The lowest BCUT2D eigenvalue weighted by Gasteiger charge is -2.22. The van der Waals surface area contributed by atoms with Crippen LogP contribution in [0.15, 0.2) is 72.8 Å². The summed E-state index contributed by atoms with van der Waals surface area (Å²) in [6, 6.07) is 21.6. The SMILES string of the molecule is COc1cc(C(COC(=O)OCC(Cl)(Cl)Cl)Nc2ccc(C(=N)N)cc2)ccc1OCc1ccccc1. The highest BCUT2D eigenvalue weighted by atomic mass is 35.6. The van der Waals surface area contributed by atoms with Gasteiger partial charge >= 0.3 is 6.16 Å². The summed E-state index contributed by atoms with van der Waals surface area (Å²) < 4.78 is 19.9. The average Bonchev–Trinajstić information content (AvgIpc) is 2.89. The van der Waals surface area contributed by atoms with Crippen molar-refractivity contribution in [2.24, 2.45) is 5.73 Å². The predicted octanol–water partition coefficient (Wildman–Crippen LogP) is 6.23. The van der Waals surface area contributed by atoms with Gasteiger partial charge in [-0.25, -0.2) is 4.79 Å². The van der Waals surface area contributed by atoms with Gasteiger partial charge in [-0.2, -0.15) is 0 Å². The number of benzene rings is 3. The molecule has 0 aliphatic heterocycles. The minimum absolute atomic E-state index is 0.0426. The molecular formula is C26H26Cl3N3O5. The van der Waals surface area contributed by atoms with Crippen molar-refractivity contribution in [1.29, 1.82) is 5.41 Å². The normalized spacial score (nSPS) is 11.8. The van der Waals surface area contributed by atoms with Gasteiger partial charge in [0.25, 0.3) is 0 Å². The second-order valence-corrected chi connectivity index (χ2v) is 10.4. The number of rotatable bonds is 11. The molecule has 1 unspecified atom stereocenters. The fourth-order valence-electron chi connectivity index (χ4n) is 3.26. The molecule has 0 radical (unpaired) electrons. The molecule has 0 spiro atoms. The summed E-state index contributed by atoms with van der Waals surface area (Å²) in [5, 5.41) is 10.9. The first kappa shape index (κ1) is 28.2. The molecule has 0 aliphatic rings. The number of anilines is 1. The van der Waals surface area contributed by atoms with E-state index < -0.39 is 22.6 Å². The maximum absolute atomic E-state index is 12.1. The molecule has 3 rings (SSSR count). The molecule has 8 nitrogen and oxygen atoms in total. The highest BCUT2D eigenvalue weighted by molar-refractivity contribution is 6.67. The first-order valence-corrected chi connectivity index (χ1v) is 12.2. The van der Waals surface area contributed by atoms with E-state index in [1.165, 1.54) is 0 Å². The van der Waals surface area contributed by atoms with Gasteiger partial charge in [0.1, 0.15) is 25.7 Å². The fraction of sp³-hybridized carbons (Fsp3) is 0.231. The second-order valence-electron chi connectivity index (χ2n) is 7.84. The first-order valence-electron chi connectivity index (χ1n) is 11.1. The number of methoxy groups -OCH3 is 1. The monoisotopic (exact) mass is 565 g/mol. The van der Waals surface area contributed by atoms with E-state index in [1.807, 2.05) is 36.4 Å². The molecule has 0 bridgehead atoms. The van der Waals surface area contributed by atoms with E-state index in [0.29, 0.717) is 29.4 Å². The maximum Gasteiger partial charge on any atom is 0.508 e. The van der Waals surface area contributed by atoms with E-state index in [-0.39, 0.29) is 12.4 Å². The summed E-state index contributed by atoms with van der Waals surface area (Å²) in [7, 11) is 1.54. The van der Waals surface area contributed by atoms with Crippen molar-refractivity contribution in [3.63, 3.8) is 0 Å². The molecule has 0 heterocycles. The largest absolute Gasteiger partial charge is 0.508 e. The lowest BCUT2D eigenvalue weighted by Crippen LogP contribution is -2.23. The van der Waals surface area contributed by atoms with E-state index in [0.717, 1.165) is 11.1 Å². The minimum Gasteiger partial charge on any atom is -0.493 e. The molecule has 3 aromatic rings. The third kappa shape index (κ3) is 9.24. The van der Waals surface area contributed by atoms with Gasteiger partial charge in [-0.1, -0.05) is 71.2 Å². The summed E-state index contributed by atoms with van der Waals surface area (Å²) in [6.45, 7) is -0.193. The van der Waals surface area contributed by atoms with Crippen LogP contribution < -0.4 is 20.5 Å². The topological polar surface area (TPSA) is 116 Å². The number of nitrogens with two attached hydrogens (primary N) is 1. The molecule has 0 saturated carbocycles. The number of carbonyl (C=O) groups excluding carboxylic acids is 1. The quantitative estimate of drug-likeness (QED) is 0.109. The smallest absolute Gasteiger partial charge is 0.493 e. The minimum atomic E-state index is -1.75. The third-order valence-electron chi connectivity index (χ3n) is 5.09. The Balaban J connectivity index is 1.78. The van der Waals surface area contributed by atoms with Gasteiger partial charge in [0.15, 0.2) is 11.5 Å². The van der Waals surface area contributed by atoms with Crippen molar-refractivity contribution in [3.05, 3.63) is 89.5 Å². The van der Waals surface area contributed by atoms with Crippen LogP contribution in [-0.4, -0.2) is 36.1 Å². The van der Waals surface area contributed by atoms with Crippen LogP contribution in [0.3, 0.4) is 0 Å². The number of alkyl halides is 3. The lowest BCUT2D eigenvalue weighted by atomic mass is 10.1. The number of amidine groups is 1. The lowest BCUT2D eigenvalue weighted by molar-refractivity contribution is 0.0538. The molecule has 11 heteroatoms. The van der Waals surface area contributed by atoms with E-state index in [9.17, 15) is 4.79 Å². The summed E-state index contributed by atoms with van der Waals surface area (Å²) in [5.41, 5.74) is 8.59. The Morgan fingerprint density at radius 3 is 2.32 bits per heavy atom. The summed E-state index contributed by atoms with van der Waals surface area (Å²) in [6.07, 6.45) is -0.986. The van der Waals surface area contributed by atoms with Gasteiger partial charge in [0, 0.05) is 11.3 Å².